The fourth-order valence-corrected chi connectivity index (χ4v) is 3.50. The van der Waals surface area contributed by atoms with Crippen molar-refractivity contribution in [1.82, 2.24) is 5.32 Å². The third-order valence-electron chi connectivity index (χ3n) is 2.92. The van der Waals surface area contributed by atoms with E-state index in [0.29, 0.717) is 17.0 Å². The lowest BCUT2D eigenvalue weighted by molar-refractivity contribution is 0.189. The van der Waals surface area contributed by atoms with Crippen LogP contribution in [0.2, 0.25) is 0 Å². The van der Waals surface area contributed by atoms with Gasteiger partial charge in [-0.25, -0.2) is 4.21 Å². The molecule has 2 rings (SSSR count). The van der Waals surface area contributed by atoms with Crippen LogP contribution < -0.4 is 5.32 Å². The predicted octanol–water partition coefficient (Wildman–Crippen LogP) is 0.559. The van der Waals surface area contributed by atoms with E-state index in [4.69, 9.17) is 4.78 Å². The zero-order valence-corrected chi connectivity index (χ0v) is 7.38. The molecule has 2 aliphatic heterocycles. The van der Waals surface area contributed by atoms with Gasteiger partial charge in [-0.2, -0.15) is 0 Å². The molecule has 0 amide bonds. The molecule has 2 aliphatic rings. The number of hydrogen-bond donors (Lipinski definition) is 2. The second kappa shape index (κ2) is 2.20. The van der Waals surface area contributed by atoms with E-state index >= 15 is 0 Å². The summed E-state index contributed by atoms with van der Waals surface area (Å²) in [6.07, 6.45) is 3.13. The maximum Gasteiger partial charge on any atom is 0.0442 e. The molecule has 2 saturated heterocycles. The Morgan fingerprint density at radius 2 is 1.82 bits per heavy atom. The van der Waals surface area contributed by atoms with Gasteiger partial charge in [0.15, 0.2) is 0 Å². The van der Waals surface area contributed by atoms with Gasteiger partial charge in [-0.1, -0.05) is 0 Å². The van der Waals surface area contributed by atoms with E-state index in [-0.39, 0.29) is 0 Å². The third kappa shape index (κ3) is 1.29. The summed E-state index contributed by atoms with van der Waals surface area (Å²) in [6.45, 7) is 1.11. The van der Waals surface area contributed by atoms with Gasteiger partial charge in [-0.15, -0.1) is 0 Å². The molecule has 0 bridgehead atoms. The summed E-state index contributed by atoms with van der Waals surface area (Å²) in [5.74, 6) is 1.22. The summed E-state index contributed by atoms with van der Waals surface area (Å²) in [4.78, 5) is 0. The molecule has 11 heavy (non-hydrogen) atoms. The van der Waals surface area contributed by atoms with Gasteiger partial charge in [0.05, 0.1) is 0 Å². The Labute approximate surface area is 67.5 Å². The average molecular weight is 174 g/mol. The van der Waals surface area contributed by atoms with Gasteiger partial charge in [0, 0.05) is 26.8 Å². The van der Waals surface area contributed by atoms with Crippen molar-refractivity contribution in [3.8, 4) is 0 Å². The quantitative estimate of drug-likeness (QED) is 0.564. The van der Waals surface area contributed by atoms with Crippen molar-refractivity contribution in [2.24, 2.45) is 0 Å². The minimum atomic E-state index is -2.17. The molecule has 2 heterocycles. The van der Waals surface area contributed by atoms with Crippen LogP contribution in [0.25, 0.3) is 0 Å². The van der Waals surface area contributed by atoms with Crippen LogP contribution in [0, 0.1) is 4.78 Å². The molecule has 64 valence electrons. The molecule has 2 N–H and O–H groups in total. The number of hydrogen-bond acceptors (Lipinski definition) is 3. The summed E-state index contributed by atoms with van der Waals surface area (Å²) >= 11 is 0. The lowest BCUT2D eigenvalue weighted by Gasteiger charge is -2.46. The highest BCUT2D eigenvalue weighted by atomic mass is 32.2. The lowest BCUT2D eigenvalue weighted by atomic mass is 9.82. The van der Waals surface area contributed by atoms with Crippen molar-refractivity contribution in [3.63, 3.8) is 0 Å². The first-order valence-corrected chi connectivity index (χ1v) is 6.01. The Morgan fingerprint density at radius 1 is 1.27 bits per heavy atom. The van der Waals surface area contributed by atoms with Crippen molar-refractivity contribution in [2.75, 3.05) is 18.1 Å². The molecular formula is C7H14N2OS. The molecule has 0 aromatic carbocycles. The number of nitrogens with one attached hydrogen (secondary N) is 2. The molecule has 0 radical (unpaired) electrons. The van der Waals surface area contributed by atoms with Gasteiger partial charge < -0.3 is 5.32 Å². The van der Waals surface area contributed by atoms with E-state index < -0.39 is 9.73 Å². The molecule has 0 atom stereocenters. The van der Waals surface area contributed by atoms with Crippen LogP contribution >= 0.6 is 0 Å². The second-order valence-electron chi connectivity index (χ2n) is 3.68. The maximum atomic E-state index is 11.3. The fraction of sp³-hybridized carbons (Fsp3) is 1.00. The van der Waals surface area contributed by atoms with Crippen molar-refractivity contribution < 1.29 is 4.21 Å². The highest BCUT2D eigenvalue weighted by molar-refractivity contribution is 7.92. The largest absolute Gasteiger partial charge is 0.311 e. The highest BCUT2D eigenvalue weighted by Gasteiger charge is 2.40. The summed E-state index contributed by atoms with van der Waals surface area (Å²) in [6, 6.07) is 0. The Hall–Kier alpha value is -0.0900. The van der Waals surface area contributed by atoms with Crippen LogP contribution in [-0.4, -0.2) is 27.8 Å². The molecule has 3 nitrogen and oxygen atoms in total. The van der Waals surface area contributed by atoms with Crippen LogP contribution in [0.5, 0.6) is 0 Å². The Kier molecular flexibility index (Phi) is 1.51. The molecule has 4 heteroatoms. The molecule has 0 aromatic rings. The molecule has 1 spiro atoms. The molecular weight excluding hydrogens is 160 g/mol. The fourth-order valence-electron chi connectivity index (χ4n) is 1.85. The summed E-state index contributed by atoms with van der Waals surface area (Å²) in [5.41, 5.74) is 0.308. The third-order valence-corrected chi connectivity index (χ3v) is 4.65. The zero-order chi connectivity index (χ0) is 7.95. The summed E-state index contributed by atoms with van der Waals surface area (Å²) < 4.78 is 18.7. The SMILES string of the molecule is N=S1(=O)CCC2(CCN2)CC1. The number of rotatable bonds is 0. The van der Waals surface area contributed by atoms with Crippen LogP contribution in [0.4, 0.5) is 0 Å². The first kappa shape index (κ1) is 7.55. The van der Waals surface area contributed by atoms with Gasteiger partial charge in [0.25, 0.3) is 0 Å². The minimum Gasteiger partial charge on any atom is -0.311 e. The van der Waals surface area contributed by atoms with Crippen molar-refractivity contribution in [2.45, 2.75) is 24.8 Å². The van der Waals surface area contributed by atoms with Crippen molar-refractivity contribution in [3.05, 3.63) is 0 Å². The van der Waals surface area contributed by atoms with E-state index in [1.807, 2.05) is 0 Å². The molecule has 0 aromatic heterocycles. The van der Waals surface area contributed by atoms with E-state index in [2.05, 4.69) is 5.32 Å². The first-order chi connectivity index (χ1) is 5.12. The van der Waals surface area contributed by atoms with Crippen molar-refractivity contribution in [1.29, 1.82) is 4.78 Å². The zero-order valence-electron chi connectivity index (χ0n) is 6.56. The van der Waals surface area contributed by atoms with E-state index in [0.717, 1.165) is 19.4 Å². The summed E-state index contributed by atoms with van der Waals surface area (Å²) in [7, 11) is -2.17. The Balaban J connectivity index is 2.04. The van der Waals surface area contributed by atoms with Crippen LogP contribution in [0.1, 0.15) is 19.3 Å². The molecule has 0 saturated carbocycles. The summed E-state index contributed by atoms with van der Waals surface area (Å²) in [5, 5.41) is 3.39. The smallest absolute Gasteiger partial charge is 0.0442 e. The molecule has 2 fully saturated rings. The van der Waals surface area contributed by atoms with Gasteiger partial charge in [0.2, 0.25) is 0 Å². The minimum absolute atomic E-state index is 0.308. The van der Waals surface area contributed by atoms with Crippen LogP contribution in [0.3, 0.4) is 0 Å². The average Bonchev–Trinajstić information content (AvgIpc) is 1.84. The van der Waals surface area contributed by atoms with E-state index in [1.165, 1.54) is 6.42 Å². The van der Waals surface area contributed by atoms with Gasteiger partial charge in [0.1, 0.15) is 0 Å². The first-order valence-electron chi connectivity index (χ1n) is 4.11. The molecule has 0 unspecified atom stereocenters. The normalized spacial score (nSPS) is 50.5. The predicted molar refractivity (Wildman–Crippen MR) is 45.2 cm³/mol. The van der Waals surface area contributed by atoms with E-state index in [9.17, 15) is 4.21 Å². The van der Waals surface area contributed by atoms with Crippen LogP contribution in [0.15, 0.2) is 0 Å². The van der Waals surface area contributed by atoms with Crippen molar-refractivity contribution >= 4 is 9.73 Å². The van der Waals surface area contributed by atoms with Gasteiger partial charge >= 0.3 is 0 Å². The Morgan fingerprint density at radius 3 is 2.18 bits per heavy atom. The maximum absolute atomic E-state index is 11.3. The van der Waals surface area contributed by atoms with Gasteiger partial charge in [-0.05, 0) is 25.8 Å². The standard InChI is InChI=1S/C7H14N2OS/c8-11(10)5-2-7(3-6-11)1-4-9-7/h8-9H,1-6H2. The second-order valence-corrected chi connectivity index (χ2v) is 6.12. The van der Waals surface area contributed by atoms with Crippen LogP contribution in [-0.2, 0) is 9.73 Å². The lowest BCUT2D eigenvalue weighted by Crippen LogP contribution is -2.60. The molecule has 0 aliphatic carbocycles. The Bertz CT molecular complexity index is 238. The highest BCUT2D eigenvalue weighted by Crippen LogP contribution is 2.31. The van der Waals surface area contributed by atoms with E-state index in [1.54, 1.807) is 0 Å². The van der Waals surface area contributed by atoms with Gasteiger partial charge in [-0.3, -0.25) is 4.78 Å². The monoisotopic (exact) mass is 174 g/mol. The topological polar surface area (TPSA) is 53.0 Å².